The minimum Gasteiger partial charge on any atom is -0.374 e. The number of hydrogen-bond acceptors (Lipinski definition) is 2. The summed E-state index contributed by atoms with van der Waals surface area (Å²) in [7, 11) is 0. The van der Waals surface area contributed by atoms with Gasteiger partial charge in [-0.15, -0.1) is 0 Å². The Hall–Kier alpha value is -2.05. The predicted molar refractivity (Wildman–Crippen MR) is 64.1 cm³/mol. The van der Waals surface area contributed by atoms with Crippen LogP contribution in [0.25, 0.3) is 0 Å². The minimum absolute atomic E-state index is 0.0350. The second-order valence-corrected chi connectivity index (χ2v) is 4.72. The van der Waals surface area contributed by atoms with E-state index in [4.69, 9.17) is 0 Å². The average Bonchev–Trinajstić information content (AvgIpc) is 3.16. The number of benzene rings is 1. The molecule has 3 nitrogen and oxygen atoms in total. The molecular weight excluding hydrogens is 274 g/mol. The van der Waals surface area contributed by atoms with Gasteiger partial charge in [-0.3, -0.25) is 0 Å². The lowest BCUT2D eigenvalue weighted by Crippen LogP contribution is -2.10. The van der Waals surface area contributed by atoms with E-state index in [0.717, 1.165) is 12.8 Å². The summed E-state index contributed by atoms with van der Waals surface area (Å²) >= 11 is 0. The van der Waals surface area contributed by atoms with Crippen LogP contribution < -0.4 is 5.32 Å². The maximum Gasteiger partial charge on any atom is 0.185 e. The number of nitrogens with one attached hydrogen (secondary N) is 1. The summed E-state index contributed by atoms with van der Waals surface area (Å²) in [5.41, 5.74) is -0.0954. The molecular formula is C13H11F4N3. The summed E-state index contributed by atoms with van der Waals surface area (Å²) in [5.74, 6) is -5.72. The molecule has 1 N–H and O–H groups in total. The largest absolute Gasteiger partial charge is 0.374 e. The van der Waals surface area contributed by atoms with Crippen molar-refractivity contribution < 1.29 is 17.6 Å². The predicted octanol–water partition coefficient (Wildman–Crippen LogP) is 3.39. The topological polar surface area (TPSA) is 29.9 Å². The van der Waals surface area contributed by atoms with Crippen LogP contribution >= 0.6 is 0 Å². The Labute approximate surface area is 112 Å². The molecule has 106 valence electrons. The molecule has 7 heteroatoms. The highest BCUT2D eigenvalue weighted by atomic mass is 19.2. The molecule has 1 aliphatic carbocycles. The van der Waals surface area contributed by atoms with E-state index in [9.17, 15) is 17.6 Å². The van der Waals surface area contributed by atoms with E-state index in [1.54, 1.807) is 12.5 Å². The minimum atomic E-state index is -1.43. The Morgan fingerprint density at radius 1 is 1.15 bits per heavy atom. The maximum atomic E-state index is 13.5. The van der Waals surface area contributed by atoms with Crippen molar-refractivity contribution in [3.8, 4) is 0 Å². The summed E-state index contributed by atoms with van der Waals surface area (Å²) in [6.45, 7) is 0.0350. The van der Waals surface area contributed by atoms with Gasteiger partial charge >= 0.3 is 0 Å². The van der Waals surface area contributed by atoms with Gasteiger partial charge in [0, 0.05) is 18.3 Å². The van der Waals surface area contributed by atoms with Gasteiger partial charge in [-0.1, -0.05) is 0 Å². The number of anilines is 1. The summed E-state index contributed by atoms with van der Waals surface area (Å²) in [6.07, 6.45) is 5.24. The highest BCUT2D eigenvalue weighted by molar-refractivity contribution is 5.47. The quantitative estimate of drug-likeness (QED) is 0.689. The van der Waals surface area contributed by atoms with Crippen LogP contribution in [-0.4, -0.2) is 9.55 Å². The van der Waals surface area contributed by atoms with Crippen molar-refractivity contribution in [2.75, 3.05) is 5.32 Å². The van der Waals surface area contributed by atoms with Crippen LogP contribution in [0.1, 0.15) is 24.6 Å². The zero-order valence-electron chi connectivity index (χ0n) is 10.3. The van der Waals surface area contributed by atoms with Gasteiger partial charge in [0.15, 0.2) is 23.3 Å². The Kier molecular flexibility index (Phi) is 3.11. The van der Waals surface area contributed by atoms with Crippen LogP contribution in [0, 0.1) is 23.3 Å². The molecule has 1 aliphatic rings. The third-order valence-electron chi connectivity index (χ3n) is 3.24. The molecule has 1 heterocycles. The van der Waals surface area contributed by atoms with Crippen LogP contribution in [0.3, 0.4) is 0 Å². The Morgan fingerprint density at radius 2 is 1.80 bits per heavy atom. The van der Waals surface area contributed by atoms with Gasteiger partial charge in [0.2, 0.25) is 0 Å². The lowest BCUT2D eigenvalue weighted by molar-refractivity contribution is 0.458. The number of rotatable bonds is 4. The molecule has 20 heavy (non-hydrogen) atoms. The zero-order chi connectivity index (χ0) is 14.3. The first kappa shape index (κ1) is 13.0. The molecule has 1 aromatic heterocycles. The van der Waals surface area contributed by atoms with Crippen molar-refractivity contribution >= 4 is 5.69 Å². The molecule has 0 saturated heterocycles. The van der Waals surface area contributed by atoms with Gasteiger partial charge in [-0.25, -0.2) is 22.5 Å². The molecule has 0 radical (unpaired) electrons. The van der Waals surface area contributed by atoms with Gasteiger partial charge in [0.1, 0.15) is 5.69 Å². The molecule has 0 bridgehead atoms. The first-order valence-electron chi connectivity index (χ1n) is 6.15. The molecule has 1 aromatic carbocycles. The number of hydrogen-bond donors (Lipinski definition) is 1. The Bertz CT molecular complexity index is 623. The number of aromatic nitrogens is 2. The fourth-order valence-corrected chi connectivity index (χ4v) is 2.06. The van der Waals surface area contributed by atoms with E-state index in [1.165, 1.54) is 0 Å². The second kappa shape index (κ2) is 4.81. The van der Waals surface area contributed by atoms with Crippen molar-refractivity contribution in [1.29, 1.82) is 0 Å². The van der Waals surface area contributed by atoms with Crippen LogP contribution in [0.4, 0.5) is 23.2 Å². The first-order valence-corrected chi connectivity index (χ1v) is 6.15. The van der Waals surface area contributed by atoms with Gasteiger partial charge in [0.25, 0.3) is 0 Å². The first-order chi connectivity index (χ1) is 9.58. The number of nitrogens with zero attached hydrogens (tertiary/aromatic N) is 2. The van der Waals surface area contributed by atoms with E-state index < -0.39 is 29.0 Å². The highest BCUT2D eigenvalue weighted by Gasteiger charge is 2.25. The Morgan fingerprint density at radius 3 is 2.40 bits per heavy atom. The van der Waals surface area contributed by atoms with Crippen LogP contribution in [0.5, 0.6) is 0 Å². The van der Waals surface area contributed by atoms with Crippen molar-refractivity contribution in [1.82, 2.24) is 9.55 Å². The molecule has 1 saturated carbocycles. The highest BCUT2D eigenvalue weighted by Crippen LogP contribution is 2.35. The van der Waals surface area contributed by atoms with Gasteiger partial charge in [-0.05, 0) is 12.8 Å². The average molecular weight is 285 g/mol. The third kappa shape index (κ3) is 2.23. The summed E-state index contributed by atoms with van der Waals surface area (Å²) in [6, 6.07) is 0.540. The molecule has 0 aliphatic heterocycles. The van der Waals surface area contributed by atoms with Crippen molar-refractivity contribution in [3.63, 3.8) is 0 Å². The van der Waals surface area contributed by atoms with Crippen molar-refractivity contribution in [3.05, 3.63) is 47.6 Å². The van der Waals surface area contributed by atoms with Crippen LogP contribution in [-0.2, 0) is 6.54 Å². The van der Waals surface area contributed by atoms with E-state index in [1.807, 2.05) is 4.57 Å². The molecule has 1 fully saturated rings. The molecule has 2 aromatic rings. The van der Waals surface area contributed by atoms with E-state index in [-0.39, 0.29) is 12.6 Å². The standard InChI is InChI=1S/C13H11F4N3/c14-9-3-10(15)12(17)13(11(9)16)19-5-8-4-18-6-20(8)7-1-2-7/h3-4,6-7,19H,1-2,5H2. The Balaban J connectivity index is 1.83. The normalized spacial score (nSPS) is 14.6. The van der Waals surface area contributed by atoms with Gasteiger partial charge in [0.05, 0.1) is 18.6 Å². The zero-order valence-corrected chi connectivity index (χ0v) is 10.3. The molecule has 0 spiro atoms. The molecule has 0 unspecified atom stereocenters. The smallest absolute Gasteiger partial charge is 0.185 e. The van der Waals surface area contributed by atoms with Crippen molar-refractivity contribution in [2.45, 2.75) is 25.4 Å². The third-order valence-corrected chi connectivity index (χ3v) is 3.24. The monoisotopic (exact) mass is 285 g/mol. The van der Waals surface area contributed by atoms with E-state index >= 15 is 0 Å². The maximum absolute atomic E-state index is 13.5. The number of imidazole rings is 1. The SMILES string of the molecule is Fc1cc(F)c(F)c(NCc2cncn2C2CC2)c1F. The lowest BCUT2D eigenvalue weighted by Gasteiger charge is -2.11. The van der Waals surface area contributed by atoms with E-state index in [2.05, 4.69) is 10.3 Å². The van der Waals surface area contributed by atoms with Crippen LogP contribution in [0.15, 0.2) is 18.6 Å². The molecule has 0 atom stereocenters. The number of halogens is 4. The lowest BCUT2D eigenvalue weighted by atomic mass is 10.2. The van der Waals surface area contributed by atoms with E-state index in [0.29, 0.717) is 11.7 Å². The van der Waals surface area contributed by atoms with Gasteiger partial charge in [-0.2, -0.15) is 0 Å². The fourth-order valence-electron chi connectivity index (χ4n) is 2.06. The molecule has 0 amide bonds. The van der Waals surface area contributed by atoms with Gasteiger partial charge < -0.3 is 9.88 Å². The summed E-state index contributed by atoms with van der Waals surface area (Å²) in [4.78, 5) is 3.96. The second-order valence-electron chi connectivity index (χ2n) is 4.72. The molecule has 3 rings (SSSR count). The fraction of sp³-hybridized carbons (Fsp3) is 0.308. The van der Waals surface area contributed by atoms with Crippen LogP contribution in [0.2, 0.25) is 0 Å². The van der Waals surface area contributed by atoms with Crippen molar-refractivity contribution in [2.24, 2.45) is 0 Å². The summed E-state index contributed by atoms with van der Waals surface area (Å²) in [5, 5.41) is 2.40. The summed E-state index contributed by atoms with van der Waals surface area (Å²) < 4.78 is 55.0.